The third kappa shape index (κ3) is 5.02. The lowest BCUT2D eigenvalue weighted by atomic mass is 9.92. The highest BCUT2D eigenvalue weighted by Gasteiger charge is 2.39. The van der Waals surface area contributed by atoms with Crippen molar-refractivity contribution in [3.8, 4) is 5.75 Å². The van der Waals surface area contributed by atoms with Gasteiger partial charge in [-0.3, -0.25) is 4.79 Å². The van der Waals surface area contributed by atoms with Crippen molar-refractivity contribution in [3.05, 3.63) is 70.8 Å². The maximum Gasteiger partial charge on any atom is 0.421 e. The molecule has 6 nitrogen and oxygen atoms in total. The Hall–Kier alpha value is -2.80. The van der Waals surface area contributed by atoms with Gasteiger partial charge in [0.25, 0.3) is 0 Å². The topological polar surface area (TPSA) is 67.9 Å². The Labute approximate surface area is 185 Å². The highest BCUT2D eigenvalue weighted by Crippen LogP contribution is 2.36. The van der Waals surface area contributed by atoms with Gasteiger partial charge in [0.2, 0.25) is 5.91 Å². The molecule has 3 rings (SSSR count). The first kappa shape index (κ1) is 21.9. The van der Waals surface area contributed by atoms with Crippen molar-refractivity contribution < 1.29 is 19.1 Å². The molecule has 1 heterocycles. The fourth-order valence-corrected chi connectivity index (χ4v) is 3.46. The third-order valence-corrected chi connectivity index (χ3v) is 5.09. The number of carbonyl (C=O) groups excluding carboxylic acids is 2. The molecule has 1 aliphatic heterocycles. The van der Waals surface area contributed by atoms with E-state index in [9.17, 15) is 9.59 Å². The molecule has 7 heteroatoms. The standard InChI is InChI=1S/C23H25BrN2O4/c1-23(2,3)30-22(28)26-14-13-17(21(26)27)20(15-9-11-16(24)12-10-15)25-18-7-5-6-8-19(18)29-4/h5-14,17,20,25H,1-4H3. The SMILES string of the molecule is COc1ccccc1NC(c1ccc(Br)cc1)C1C=CN(C(=O)OC(C)(C)C)C1=O. The van der Waals surface area contributed by atoms with E-state index < -0.39 is 23.7 Å². The Morgan fingerprint density at radius 1 is 1.13 bits per heavy atom. The number of methoxy groups -OCH3 is 1. The lowest BCUT2D eigenvalue weighted by Crippen LogP contribution is -2.39. The second-order valence-corrected chi connectivity index (χ2v) is 8.85. The van der Waals surface area contributed by atoms with E-state index in [0.29, 0.717) is 5.75 Å². The van der Waals surface area contributed by atoms with Crippen LogP contribution >= 0.6 is 15.9 Å². The Kier molecular flexibility index (Phi) is 6.51. The zero-order valence-electron chi connectivity index (χ0n) is 17.4. The zero-order chi connectivity index (χ0) is 21.9. The van der Waals surface area contributed by atoms with Gasteiger partial charge >= 0.3 is 6.09 Å². The molecule has 0 aliphatic carbocycles. The number of carbonyl (C=O) groups is 2. The molecule has 0 bridgehead atoms. The zero-order valence-corrected chi connectivity index (χ0v) is 19.0. The summed E-state index contributed by atoms with van der Waals surface area (Å²) < 4.78 is 11.7. The van der Waals surface area contributed by atoms with Crippen molar-refractivity contribution in [3.63, 3.8) is 0 Å². The van der Waals surface area contributed by atoms with E-state index in [1.807, 2.05) is 48.5 Å². The monoisotopic (exact) mass is 472 g/mol. The summed E-state index contributed by atoms with van der Waals surface area (Å²) in [5.74, 6) is -0.277. The van der Waals surface area contributed by atoms with Crippen LogP contribution in [0.2, 0.25) is 0 Å². The van der Waals surface area contributed by atoms with E-state index in [4.69, 9.17) is 9.47 Å². The number of hydrogen-bond donors (Lipinski definition) is 1. The number of rotatable bonds is 5. The minimum absolute atomic E-state index is 0.348. The fraction of sp³-hybridized carbons (Fsp3) is 0.304. The molecule has 30 heavy (non-hydrogen) atoms. The first-order valence-corrected chi connectivity index (χ1v) is 10.4. The lowest BCUT2D eigenvalue weighted by Gasteiger charge is -2.27. The van der Waals surface area contributed by atoms with E-state index in [1.165, 1.54) is 6.20 Å². The van der Waals surface area contributed by atoms with E-state index in [0.717, 1.165) is 20.6 Å². The van der Waals surface area contributed by atoms with Crippen molar-refractivity contribution in [1.29, 1.82) is 0 Å². The first-order chi connectivity index (χ1) is 14.2. The smallest absolute Gasteiger partial charge is 0.421 e. The van der Waals surface area contributed by atoms with Gasteiger partial charge in [-0.1, -0.05) is 46.3 Å². The summed E-state index contributed by atoms with van der Waals surface area (Å²) >= 11 is 3.45. The van der Waals surface area contributed by atoms with Gasteiger partial charge in [0.05, 0.1) is 24.8 Å². The number of nitrogens with one attached hydrogen (secondary N) is 1. The van der Waals surface area contributed by atoms with Crippen LogP contribution < -0.4 is 10.1 Å². The molecule has 0 aromatic heterocycles. The summed E-state index contributed by atoms with van der Waals surface area (Å²) in [6.07, 6.45) is 2.52. The Morgan fingerprint density at radius 2 is 1.80 bits per heavy atom. The lowest BCUT2D eigenvalue weighted by molar-refractivity contribution is -0.129. The molecule has 1 aliphatic rings. The van der Waals surface area contributed by atoms with E-state index >= 15 is 0 Å². The molecule has 1 N–H and O–H groups in total. The molecule has 0 spiro atoms. The molecular weight excluding hydrogens is 448 g/mol. The maximum absolute atomic E-state index is 13.1. The third-order valence-electron chi connectivity index (χ3n) is 4.56. The van der Waals surface area contributed by atoms with Crippen LogP contribution in [0, 0.1) is 5.92 Å². The highest BCUT2D eigenvalue weighted by atomic mass is 79.9. The van der Waals surface area contributed by atoms with Crippen LogP contribution in [0.1, 0.15) is 32.4 Å². The van der Waals surface area contributed by atoms with Crippen LogP contribution in [0.4, 0.5) is 10.5 Å². The minimum Gasteiger partial charge on any atom is -0.495 e. The number of anilines is 1. The summed E-state index contributed by atoms with van der Waals surface area (Å²) in [5, 5.41) is 3.42. The van der Waals surface area contributed by atoms with Crippen LogP contribution in [0.3, 0.4) is 0 Å². The molecule has 2 amide bonds. The molecule has 0 radical (unpaired) electrons. The number of hydrogen-bond acceptors (Lipinski definition) is 5. The molecular formula is C23H25BrN2O4. The van der Waals surface area contributed by atoms with Crippen LogP contribution in [-0.2, 0) is 9.53 Å². The Bertz CT molecular complexity index is 950. The average Bonchev–Trinajstić information content (AvgIpc) is 3.07. The molecule has 2 unspecified atom stereocenters. The van der Waals surface area contributed by atoms with Gasteiger partial charge in [-0.25, -0.2) is 9.69 Å². The van der Waals surface area contributed by atoms with E-state index in [-0.39, 0.29) is 5.91 Å². The maximum atomic E-state index is 13.1. The van der Waals surface area contributed by atoms with Crippen molar-refractivity contribution in [2.45, 2.75) is 32.4 Å². The molecule has 2 atom stereocenters. The summed E-state index contributed by atoms with van der Waals surface area (Å²) in [6.45, 7) is 5.29. The summed E-state index contributed by atoms with van der Waals surface area (Å²) in [7, 11) is 1.60. The largest absolute Gasteiger partial charge is 0.495 e. The number of halogens is 1. The number of ether oxygens (including phenoxy) is 2. The minimum atomic E-state index is -0.690. The summed E-state index contributed by atoms with van der Waals surface area (Å²) in [6, 6.07) is 14.8. The van der Waals surface area contributed by atoms with E-state index in [2.05, 4.69) is 21.2 Å². The second kappa shape index (κ2) is 8.92. The predicted molar refractivity (Wildman–Crippen MR) is 119 cm³/mol. The summed E-state index contributed by atoms with van der Waals surface area (Å²) in [5.41, 5.74) is 0.965. The number of imide groups is 1. The van der Waals surface area contributed by atoms with Gasteiger partial charge in [0.15, 0.2) is 0 Å². The molecule has 0 saturated heterocycles. The average molecular weight is 473 g/mol. The van der Waals surface area contributed by atoms with Crippen molar-refractivity contribution in [2.75, 3.05) is 12.4 Å². The van der Waals surface area contributed by atoms with Crippen LogP contribution in [0.25, 0.3) is 0 Å². The predicted octanol–water partition coefficient (Wildman–Crippen LogP) is 5.52. The van der Waals surface area contributed by atoms with Crippen molar-refractivity contribution in [2.24, 2.45) is 5.92 Å². The quantitative estimate of drug-likeness (QED) is 0.620. The first-order valence-electron chi connectivity index (χ1n) is 9.59. The van der Waals surface area contributed by atoms with Gasteiger partial charge in [0.1, 0.15) is 11.4 Å². The van der Waals surface area contributed by atoms with Crippen LogP contribution in [0.5, 0.6) is 5.75 Å². The van der Waals surface area contributed by atoms with Gasteiger partial charge in [0, 0.05) is 10.7 Å². The number of benzene rings is 2. The number of amides is 2. The van der Waals surface area contributed by atoms with Gasteiger partial charge in [-0.15, -0.1) is 0 Å². The number of para-hydroxylation sites is 2. The molecule has 0 saturated carbocycles. The van der Waals surface area contributed by atoms with Gasteiger partial charge in [-0.2, -0.15) is 0 Å². The normalized spacial score (nSPS) is 17.0. The van der Waals surface area contributed by atoms with E-state index in [1.54, 1.807) is 34.0 Å². The van der Waals surface area contributed by atoms with Crippen molar-refractivity contribution in [1.82, 2.24) is 4.90 Å². The van der Waals surface area contributed by atoms with Crippen molar-refractivity contribution >= 4 is 33.6 Å². The number of nitrogens with zero attached hydrogens (tertiary/aromatic N) is 1. The van der Waals surface area contributed by atoms with Crippen LogP contribution in [-0.4, -0.2) is 29.6 Å². The molecule has 0 fully saturated rings. The summed E-state index contributed by atoms with van der Waals surface area (Å²) in [4.78, 5) is 26.6. The highest BCUT2D eigenvalue weighted by molar-refractivity contribution is 9.10. The molecule has 2 aromatic carbocycles. The van der Waals surface area contributed by atoms with Crippen LogP contribution in [0.15, 0.2) is 65.3 Å². The fourth-order valence-electron chi connectivity index (χ4n) is 3.19. The Morgan fingerprint density at radius 3 is 2.43 bits per heavy atom. The molecule has 158 valence electrons. The Balaban J connectivity index is 1.91. The second-order valence-electron chi connectivity index (χ2n) is 7.93. The molecule has 2 aromatic rings. The van der Waals surface area contributed by atoms with Gasteiger partial charge in [-0.05, 0) is 50.6 Å². The van der Waals surface area contributed by atoms with Gasteiger partial charge < -0.3 is 14.8 Å².